The molecule has 0 aliphatic carbocycles. The number of carbonyl (C=O) groups is 1. The van der Waals surface area contributed by atoms with Gasteiger partial charge in [0.25, 0.3) is 0 Å². The van der Waals surface area contributed by atoms with Crippen molar-refractivity contribution < 1.29 is 13.9 Å². The number of ether oxygens (including phenoxy) is 1. The number of methoxy groups -OCH3 is 1. The van der Waals surface area contributed by atoms with Gasteiger partial charge in [0.15, 0.2) is 0 Å². The highest BCUT2D eigenvalue weighted by Crippen LogP contribution is 2.33. The van der Waals surface area contributed by atoms with E-state index in [4.69, 9.17) is 22.1 Å². The van der Waals surface area contributed by atoms with Crippen molar-refractivity contribution in [2.75, 3.05) is 31.2 Å². The molecule has 0 saturated carbocycles. The number of nitrogens with one attached hydrogen (secondary N) is 1. The second kappa shape index (κ2) is 8.59. The van der Waals surface area contributed by atoms with Crippen LogP contribution in [0, 0.1) is 11.7 Å². The number of hydrogen-bond acceptors (Lipinski definition) is 4. The number of nitrogens with zero attached hydrogens (tertiary/aromatic N) is 1. The standard InChI is InChI=1S/C20H23ClFN3O2/c1-27-19-11-17(23)16(21)10-18(19)24-20(26)14-6-8-25(9-7-14)12-13-2-4-15(22)5-3-13/h2-5,10-11,14H,6-9,12,23H2,1H3,(H,24,26). The Kier molecular flexibility index (Phi) is 6.19. The van der Waals surface area contributed by atoms with Crippen LogP contribution in [-0.2, 0) is 11.3 Å². The Labute approximate surface area is 163 Å². The lowest BCUT2D eigenvalue weighted by molar-refractivity contribution is -0.121. The smallest absolute Gasteiger partial charge is 0.227 e. The van der Waals surface area contributed by atoms with Crippen molar-refractivity contribution in [3.8, 4) is 5.75 Å². The number of benzene rings is 2. The van der Waals surface area contributed by atoms with Gasteiger partial charge < -0.3 is 15.8 Å². The third-order valence-electron chi connectivity index (χ3n) is 4.85. The van der Waals surface area contributed by atoms with Crippen LogP contribution in [-0.4, -0.2) is 31.0 Å². The van der Waals surface area contributed by atoms with E-state index in [0.29, 0.717) is 22.1 Å². The summed E-state index contributed by atoms with van der Waals surface area (Å²) in [5.74, 6) is 0.136. The molecule has 1 aliphatic heterocycles. The van der Waals surface area contributed by atoms with Gasteiger partial charge in [0.2, 0.25) is 5.91 Å². The number of carbonyl (C=O) groups excluding carboxylic acids is 1. The van der Waals surface area contributed by atoms with E-state index < -0.39 is 0 Å². The zero-order valence-electron chi connectivity index (χ0n) is 15.2. The largest absolute Gasteiger partial charge is 0.494 e. The minimum absolute atomic E-state index is 0.0458. The molecule has 1 heterocycles. The number of rotatable bonds is 5. The normalized spacial score (nSPS) is 15.5. The van der Waals surface area contributed by atoms with Gasteiger partial charge in [-0.2, -0.15) is 0 Å². The summed E-state index contributed by atoms with van der Waals surface area (Å²) < 4.78 is 18.3. The van der Waals surface area contributed by atoms with E-state index in [2.05, 4.69) is 10.2 Å². The van der Waals surface area contributed by atoms with Gasteiger partial charge in [0.1, 0.15) is 11.6 Å². The van der Waals surface area contributed by atoms with Gasteiger partial charge in [0, 0.05) is 18.5 Å². The highest BCUT2D eigenvalue weighted by Gasteiger charge is 2.26. The van der Waals surface area contributed by atoms with Crippen LogP contribution in [0.4, 0.5) is 15.8 Å². The van der Waals surface area contributed by atoms with Crippen LogP contribution in [0.2, 0.25) is 5.02 Å². The average molecular weight is 392 g/mol. The minimum atomic E-state index is -0.229. The number of piperidine rings is 1. The number of likely N-dealkylation sites (tertiary alicyclic amines) is 1. The van der Waals surface area contributed by atoms with Crippen LogP contribution >= 0.6 is 11.6 Å². The Morgan fingerprint density at radius 1 is 1.30 bits per heavy atom. The molecule has 2 aromatic rings. The summed E-state index contributed by atoms with van der Waals surface area (Å²) in [4.78, 5) is 14.9. The second-order valence-corrected chi connectivity index (χ2v) is 7.15. The molecule has 1 fully saturated rings. The Balaban J connectivity index is 1.56. The first-order valence-electron chi connectivity index (χ1n) is 8.87. The number of nitrogen functional groups attached to an aromatic ring is 1. The summed E-state index contributed by atoms with van der Waals surface area (Å²) in [6.45, 7) is 2.39. The number of hydrogen-bond donors (Lipinski definition) is 2. The first-order chi connectivity index (χ1) is 13.0. The molecule has 144 valence electrons. The molecule has 0 radical (unpaired) electrons. The zero-order valence-corrected chi connectivity index (χ0v) is 15.9. The second-order valence-electron chi connectivity index (χ2n) is 6.74. The highest BCUT2D eigenvalue weighted by atomic mass is 35.5. The summed E-state index contributed by atoms with van der Waals surface area (Å²) in [5, 5.41) is 3.28. The average Bonchev–Trinajstić information content (AvgIpc) is 2.67. The zero-order chi connectivity index (χ0) is 19.4. The molecule has 2 aromatic carbocycles. The van der Waals surface area contributed by atoms with Gasteiger partial charge in [0.05, 0.1) is 23.5 Å². The van der Waals surface area contributed by atoms with E-state index in [1.165, 1.54) is 19.2 Å². The molecule has 0 spiro atoms. The van der Waals surface area contributed by atoms with Gasteiger partial charge in [-0.1, -0.05) is 23.7 Å². The fourth-order valence-electron chi connectivity index (χ4n) is 3.27. The molecule has 3 N–H and O–H groups in total. The summed E-state index contributed by atoms with van der Waals surface area (Å²) in [6, 6.07) is 9.75. The van der Waals surface area contributed by atoms with Crippen molar-refractivity contribution in [1.82, 2.24) is 4.90 Å². The molecule has 0 aromatic heterocycles. The molecule has 27 heavy (non-hydrogen) atoms. The first kappa shape index (κ1) is 19.5. The van der Waals surface area contributed by atoms with Gasteiger partial charge >= 0.3 is 0 Å². The van der Waals surface area contributed by atoms with Gasteiger partial charge in [-0.05, 0) is 49.7 Å². The lowest BCUT2D eigenvalue weighted by Gasteiger charge is -2.31. The van der Waals surface area contributed by atoms with Crippen molar-refractivity contribution in [2.24, 2.45) is 5.92 Å². The molecular formula is C20H23ClFN3O2. The van der Waals surface area contributed by atoms with E-state index in [9.17, 15) is 9.18 Å². The molecule has 1 amide bonds. The summed E-state index contributed by atoms with van der Waals surface area (Å²) in [7, 11) is 1.52. The topological polar surface area (TPSA) is 67.6 Å². The Morgan fingerprint density at radius 2 is 1.96 bits per heavy atom. The summed E-state index contributed by atoms with van der Waals surface area (Å²) >= 11 is 6.06. The van der Waals surface area contributed by atoms with Crippen LogP contribution in [0.3, 0.4) is 0 Å². The van der Waals surface area contributed by atoms with E-state index in [0.717, 1.165) is 38.0 Å². The van der Waals surface area contributed by atoms with Crippen molar-refractivity contribution in [2.45, 2.75) is 19.4 Å². The summed E-state index contributed by atoms with van der Waals surface area (Å²) in [5.41, 5.74) is 7.77. The maximum atomic E-state index is 13.0. The lowest BCUT2D eigenvalue weighted by atomic mass is 9.95. The van der Waals surface area contributed by atoms with Crippen LogP contribution < -0.4 is 15.8 Å². The molecule has 1 aliphatic rings. The monoisotopic (exact) mass is 391 g/mol. The van der Waals surface area contributed by atoms with E-state index >= 15 is 0 Å². The number of amides is 1. The van der Waals surface area contributed by atoms with Crippen LogP contribution in [0.15, 0.2) is 36.4 Å². The quantitative estimate of drug-likeness (QED) is 0.758. The van der Waals surface area contributed by atoms with Crippen molar-refractivity contribution in [3.05, 3.63) is 52.8 Å². The van der Waals surface area contributed by atoms with Crippen molar-refractivity contribution in [3.63, 3.8) is 0 Å². The first-order valence-corrected chi connectivity index (χ1v) is 9.24. The fraction of sp³-hybridized carbons (Fsp3) is 0.350. The predicted octanol–water partition coefficient (Wildman–Crippen LogP) is 3.92. The van der Waals surface area contributed by atoms with Crippen LogP contribution in [0.5, 0.6) is 5.75 Å². The molecule has 0 atom stereocenters. The van der Waals surface area contributed by atoms with E-state index in [1.54, 1.807) is 24.3 Å². The minimum Gasteiger partial charge on any atom is -0.494 e. The number of nitrogens with two attached hydrogens (primary N) is 1. The molecule has 1 saturated heterocycles. The van der Waals surface area contributed by atoms with Gasteiger partial charge in [-0.15, -0.1) is 0 Å². The predicted molar refractivity (Wildman–Crippen MR) is 105 cm³/mol. The maximum absolute atomic E-state index is 13.0. The molecular weight excluding hydrogens is 369 g/mol. The molecule has 7 heteroatoms. The molecule has 3 rings (SSSR count). The lowest BCUT2D eigenvalue weighted by Crippen LogP contribution is -2.37. The molecule has 0 bridgehead atoms. The number of anilines is 2. The number of halogens is 2. The SMILES string of the molecule is COc1cc(N)c(Cl)cc1NC(=O)C1CCN(Cc2ccc(F)cc2)CC1. The molecule has 0 unspecified atom stereocenters. The molecule has 5 nitrogen and oxygen atoms in total. The van der Waals surface area contributed by atoms with E-state index in [1.807, 2.05) is 0 Å². The Bertz CT molecular complexity index is 806. The Morgan fingerprint density at radius 3 is 2.59 bits per heavy atom. The van der Waals surface area contributed by atoms with Gasteiger partial charge in [-0.25, -0.2) is 4.39 Å². The third-order valence-corrected chi connectivity index (χ3v) is 5.18. The third kappa shape index (κ3) is 4.90. The van der Waals surface area contributed by atoms with Crippen LogP contribution in [0.25, 0.3) is 0 Å². The Hall–Kier alpha value is -2.31. The van der Waals surface area contributed by atoms with Crippen molar-refractivity contribution in [1.29, 1.82) is 0 Å². The highest BCUT2D eigenvalue weighted by molar-refractivity contribution is 6.33. The fourth-order valence-corrected chi connectivity index (χ4v) is 3.44. The van der Waals surface area contributed by atoms with Crippen molar-refractivity contribution >= 4 is 28.9 Å². The van der Waals surface area contributed by atoms with Crippen LogP contribution in [0.1, 0.15) is 18.4 Å². The summed E-state index contributed by atoms with van der Waals surface area (Å²) in [6.07, 6.45) is 1.52. The maximum Gasteiger partial charge on any atom is 0.227 e. The van der Waals surface area contributed by atoms with Gasteiger partial charge in [-0.3, -0.25) is 9.69 Å². The van der Waals surface area contributed by atoms with E-state index in [-0.39, 0.29) is 17.6 Å².